The number of anilines is 1. The Bertz CT molecular complexity index is 1220. The van der Waals surface area contributed by atoms with E-state index in [-0.39, 0.29) is 11.7 Å². The molecule has 1 aromatic heterocycles. The number of rotatable bonds is 8. The molecule has 0 saturated heterocycles. The second-order valence-corrected chi connectivity index (χ2v) is 9.66. The molecule has 0 radical (unpaired) electrons. The number of aromatic nitrogens is 1. The fraction of sp³-hybridized carbons (Fsp3) is 0.185. The van der Waals surface area contributed by atoms with Gasteiger partial charge in [0.25, 0.3) is 5.91 Å². The topological polar surface area (TPSA) is 45.2 Å². The maximum absolute atomic E-state index is 13.4. The molecule has 4 aromatic rings. The molecular formula is C27H25ClFN3OS. The first-order chi connectivity index (χ1) is 16.4. The average Bonchev–Trinajstić information content (AvgIpc) is 3.28. The first kappa shape index (κ1) is 24.1. The SMILES string of the molecule is Cc1ccc(NC(=O)c2csc(CN(Cc3ccc(F)cc3)Cc3ccc(Cl)cc3)n2)cc1C. The lowest BCUT2D eigenvalue weighted by molar-refractivity contribution is 0.102. The van der Waals surface area contributed by atoms with Gasteiger partial charge in [-0.05, 0) is 72.5 Å². The zero-order chi connectivity index (χ0) is 24.1. The van der Waals surface area contributed by atoms with Crippen molar-refractivity contribution in [1.29, 1.82) is 0 Å². The second kappa shape index (κ2) is 10.9. The number of hydrogen-bond acceptors (Lipinski definition) is 4. The number of benzene rings is 3. The van der Waals surface area contributed by atoms with Crippen molar-refractivity contribution < 1.29 is 9.18 Å². The maximum Gasteiger partial charge on any atom is 0.275 e. The summed E-state index contributed by atoms with van der Waals surface area (Å²) in [5.41, 5.74) is 5.55. The summed E-state index contributed by atoms with van der Waals surface area (Å²) in [5, 5.41) is 6.23. The Kier molecular flexibility index (Phi) is 7.73. The minimum Gasteiger partial charge on any atom is -0.321 e. The van der Waals surface area contributed by atoms with Crippen LogP contribution in [0.3, 0.4) is 0 Å². The molecule has 1 N–H and O–H groups in total. The highest BCUT2D eigenvalue weighted by Crippen LogP contribution is 2.20. The minimum absolute atomic E-state index is 0.228. The van der Waals surface area contributed by atoms with Crippen molar-refractivity contribution in [2.24, 2.45) is 0 Å². The Hall–Kier alpha value is -3.06. The molecule has 4 rings (SSSR count). The van der Waals surface area contributed by atoms with Crippen LogP contribution >= 0.6 is 22.9 Å². The standard InChI is InChI=1S/C27H25ClFN3OS/c1-18-3-12-24(13-19(18)2)30-27(33)25-17-34-26(31-25)16-32(14-20-4-8-22(28)9-5-20)15-21-6-10-23(29)11-7-21/h3-13,17H,14-16H2,1-2H3,(H,30,33). The van der Waals surface area contributed by atoms with Gasteiger partial charge >= 0.3 is 0 Å². The van der Waals surface area contributed by atoms with Gasteiger partial charge in [0, 0.05) is 29.2 Å². The lowest BCUT2D eigenvalue weighted by atomic mass is 10.1. The number of thiazole rings is 1. The zero-order valence-corrected chi connectivity index (χ0v) is 20.6. The van der Waals surface area contributed by atoms with Crippen LogP contribution < -0.4 is 5.32 Å². The van der Waals surface area contributed by atoms with Crippen LogP contribution in [-0.4, -0.2) is 15.8 Å². The largest absolute Gasteiger partial charge is 0.321 e. The van der Waals surface area contributed by atoms with E-state index >= 15 is 0 Å². The summed E-state index contributed by atoms with van der Waals surface area (Å²) in [6.07, 6.45) is 0. The number of nitrogens with zero attached hydrogens (tertiary/aromatic N) is 2. The van der Waals surface area contributed by atoms with Crippen LogP contribution in [0.25, 0.3) is 0 Å². The third-order valence-electron chi connectivity index (χ3n) is 5.55. The Morgan fingerprint density at radius 3 is 2.24 bits per heavy atom. The third-order valence-corrected chi connectivity index (χ3v) is 6.63. The van der Waals surface area contributed by atoms with Crippen LogP contribution in [0.4, 0.5) is 10.1 Å². The molecular weight excluding hydrogens is 469 g/mol. The summed E-state index contributed by atoms with van der Waals surface area (Å²) in [5.74, 6) is -0.485. The van der Waals surface area contributed by atoms with Gasteiger partial charge < -0.3 is 5.32 Å². The van der Waals surface area contributed by atoms with E-state index in [0.29, 0.717) is 30.4 Å². The van der Waals surface area contributed by atoms with Crippen LogP contribution in [0.1, 0.15) is 37.7 Å². The fourth-order valence-corrected chi connectivity index (χ4v) is 4.50. The third kappa shape index (κ3) is 6.50. The van der Waals surface area contributed by atoms with Gasteiger partial charge in [-0.2, -0.15) is 0 Å². The fourth-order valence-electron chi connectivity index (χ4n) is 3.56. The summed E-state index contributed by atoms with van der Waals surface area (Å²) < 4.78 is 13.4. The summed E-state index contributed by atoms with van der Waals surface area (Å²) in [4.78, 5) is 19.5. The molecule has 34 heavy (non-hydrogen) atoms. The van der Waals surface area contributed by atoms with Crippen molar-refractivity contribution in [3.8, 4) is 0 Å². The molecule has 4 nitrogen and oxygen atoms in total. The van der Waals surface area contributed by atoms with Crippen LogP contribution in [-0.2, 0) is 19.6 Å². The van der Waals surface area contributed by atoms with Crippen LogP contribution in [0.15, 0.2) is 72.1 Å². The Morgan fingerprint density at radius 1 is 0.941 bits per heavy atom. The van der Waals surface area contributed by atoms with Gasteiger partial charge in [-0.25, -0.2) is 9.37 Å². The molecule has 174 valence electrons. The van der Waals surface area contributed by atoms with Gasteiger partial charge in [-0.1, -0.05) is 41.9 Å². The number of halogens is 2. The molecule has 0 fully saturated rings. The Labute approximate surface area is 208 Å². The lowest BCUT2D eigenvalue weighted by Crippen LogP contribution is -2.22. The van der Waals surface area contributed by atoms with E-state index in [1.54, 1.807) is 17.5 Å². The van der Waals surface area contributed by atoms with Crippen molar-refractivity contribution in [3.05, 3.63) is 116 Å². The van der Waals surface area contributed by atoms with Crippen molar-refractivity contribution >= 4 is 34.5 Å². The molecule has 0 unspecified atom stereocenters. The first-order valence-corrected chi connectivity index (χ1v) is 12.2. The van der Waals surface area contributed by atoms with Crippen molar-refractivity contribution in [2.75, 3.05) is 5.32 Å². The van der Waals surface area contributed by atoms with Gasteiger partial charge in [0.2, 0.25) is 0 Å². The number of carbonyl (C=O) groups is 1. The average molecular weight is 494 g/mol. The molecule has 0 bridgehead atoms. The van der Waals surface area contributed by atoms with Crippen molar-refractivity contribution in [3.63, 3.8) is 0 Å². The van der Waals surface area contributed by atoms with E-state index in [1.807, 2.05) is 56.3 Å². The smallest absolute Gasteiger partial charge is 0.275 e. The molecule has 0 aliphatic carbocycles. The predicted octanol–water partition coefficient (Wildman–Crippen LogP) is 7.01. The van der Waals surface area contributed by atoms with Gasteiger partial charge in [-0.3, -0.25) is 9.69 Å². The Morgan fingerprint density at radius 2 is 1.59 bits per heavy atom. The monoisotopic (exact) mass is 493 g/mol. The van der Waals surface area contributed by atoms with Crippen molar-refractivity contribution in [2.45, 2.75) is 33.5 Å². The minimum atomic E-state index is -0.257. The van der Waals surface area contributed by atoms with Crippen LogP contribution in [0, 0.1) is 19.7 Å². The predicted molar refractivity (Wildman–Crippen MR) is 137 cm³/mol. The molecule has 0 aliphatic rings. The molecule has 1 heterocycles. The highest BCUT2D eigenvalue weighted by Gasteiger charge is 2.15. The van der Waals surface area contributed by atoms with E-state index in [2.05, 4.69) is 15.2 Å². The molecule has 3 aromatic carbocycles. The number of aryl methyl sites for hydroxylation is 2. The molecule has 0 atom stereocenters. The van der Waals surface area contributed by atoms with E-state index in [9.17, 15) is 9.18 Å². The normalized spacial score (nSPS) is 11.1. The molecule has 7 heteroatoms. The van der Waals surface area contributed by atoms with Gasteiger partial charge in [0.15, 0.2) is 0 Å². The van der Waals surface area contributed by atoms with E-state index in [1.165, 1.54) is 29.0 Å². The number of nitrogens with one attached hydrogen (secondary N) is 1. The zero-order valence-electron chi connectivity index (χ0n) is 19.0. The summed E-state index contributed by atoms with van der Waals surface area (Å²) >= 11 is 7.49. The van der Waals surface area contributed by atoms with Crippen LogP contribution in [0.2, 0.25) is 5.02 Å². The number of carbonyl (C=O) groups excluding carboxylic acids is 1. The second-order valence-electron chi connectivity index (χ2n) is 8.28. The number of hydrogen-bond donors (Lipinski definition) is 1. The van der Waals surface area contributed by atoms with Crippen LogP contribution in [0.5, 0.6) is 0 Å². The van der Waals surface area contributed by atoms with Gasteiger partial charge in [-0.15, -0.1) is 11.3 Å². The highest BCUT2D eigenvalue weighted by atomic mass is 35.5. The molecule has 0 saturated carbocycles. The summed E-state index contributed by atoms with van der Waals surface area (Å²) in [6, 6.07) is 20.1. The Balaban J connectivity index is 1.47. The highest BCUT2D eigenvalue weighted by molar-refractivity contribution is 7.09. The molecule has 0 aliphatic heterocycles. The van der Waals surface area contributed by atoms with E-state index in [0.717, 1.165) is 27.4 Å². The quantitative estimate of drug-likeness (QED) is 0.287. The lowest BCUT2D eigenvalue weighted by Gasteiger charge is -2.21. The summed E-state index contributed by atoms with van der Waals surface area (Å²) in [7, 11) is 0. The first-order valence-electron chi connectivity index (χ1n) is 10.9. The summed E-state index contributed by atoms with van der Waals surface area (Å²) in [6.45, 7) is 5.89. The molecule has 0 spiro atoms. The maximum atomic E-state index is 13.4. The van der Waals surface area contributed by atoms with Crippen molar-refractivity contribution in [1.82, 2.24) is 9.88 Å². The van der Waals surface area contributed by atoms with Gasteiger partial charge in [0.1, 0.15) is 16.5 Å². The number of amides is 1. The van der Waals surface area contributed by atoms with E-state index in [4.69, 9.17) is 11.6 Å². The van der Waals surface area contributed by atoms with E-state index < -0.39 is 0 Å². The van der Waals surface area contributed by atoms with Gasteiger partial charge in [0.05, 0.1) is 6.54 Å². The molecule has 1 amide bonds.